The number of carbonyl (C=O) groups excluding carboxylic acids is 1. The first-order valence-electron chi connectivity index (χ1n) is 9.42. The van der Waals surface area contributed by atoms with Crippen molar-refractivity contribution in [3.63, 3.8) is 0 Å². The first-order chi connectivity index (χ1) is 13.5. The van der Waals surface area contributed by atoms with Crippen LogP contribution in [-0.4, -0.2) is 43.6 Å². The summed E-state index contributed by atoms with van der Waals surface area (Å²) in [4.78, 5) is 21.4. The van der Waals surface area contributed by atoms with Crippen LogP contribution in [0.1, 0.15) is 47.7 Å². The van der Waals surface area contributed by atoms with Crippen LogP contribution in [0.4, 0.5) is 0 Å². The Morgan fingerprint density at radius 1 is 1.25 bits per heavy atom. The number of hydrogen-bond donors (Lipinski definition) is 3. The average molecular weight is 404 g/mol. The van der Waals surface area contributed by atoms with Crippen molar-refractivity contribution < 1.29 is 9.53 Å². The fourth-order valence-corrected chi connectivity index (χ4v) is 3.25. The minimum absolute atomic E-state index is 0.133. The molecule has 1 aromatic carbocycles. The molecule has 1 heterocycles. The van der Waals surface area contributed by atoms with Gasteiger partial charge in [-0.25, -0.2) is 9.98 Å². The SMILES string of the molecule is CCNC(=NCc1nc(C(C)C)cs1)NCCNC(=O)c1cccc(OC)c1. The molecule has 28 heavy (non-hydrogen) atoms. The van der Waals surface area contributed by atoms with Gasteiger partial charge >= 0.3 is 0 Å². The second-order valence-electron chi connectivity index (χ2n) is 6.43. The van der Waals surface area contributed by atoms with Crippen LogP contribution in [0.15, 0.2) is 34.6 Å². The number of ether oxygens (including phenoxy) is 1. The molecule has 0 radical (unpaired) electrons. The molecule has 0 spiro atoms. The molecule has 0 unspecified atom stereocenters. The molecular formula is C20H29N5O2S. The molecule has 3 N–H and O–H groups in total. The van der Waals surface area contributed by atoms with Gasteiger partial charge in [0, 0.05) is 30.6 Å². The molecule has 1 amide bonds. The zero-order valence-electron chi connectivity index (χ0n) is 16.9. The molecule has 8 heteroatoms. The third kappa shape index (κ3) is 6.84. The highest BCUT2D eigenvalue weighted by atomic mass is 32.1. The standard InChI is InChI=1S/C20H29N5O2S/c1-5-21-20(24-12-18-25-17(13-28-18)14(2)3)23-10-9-22-19(26)15-7-6-8-16(11-15)27-4/h6-8,11,13-14H,5,9-10,12H2,1-4H3,(H,22,26)(H2,21,23,24). The predicted octanol–water partition coefficient (Wildman–Crippen LogP) is 2.76. The van der Waals surface area contributed by atoms with Gasteiger partial charge in [-0.05, 0) is 31.0 Å². The fraction of sp³-hybridized carbons (Fsp3) is 0.450. The summed E-state index contributed by atoms with van der Waals surface area (Å²) in [5, 5.41) is 12.4. The van der Waals surface area contributed by atoms with E-state index in [1.807, 2.05) is 13.0 Å². The van der Waals surface area contributed by atoms with E-state index >= 15 is 0 Å². The quantitative estimate of drug-likeness (QED) is 0.340. The van der Waals surface area contributed by atoms with E-state index in [1.165, 1.54) is 0 Å². The fourth-order valence-electron chi connectivity index (χ4n) is 2.37. The van der Waals surface area contributed by atoms with Gasteiger partial charge in [-0.2, -0.15) is 0 Å². The first kappa shape index (κ1) is 21.7. The molecule has 2 rings (SSSR count). The van der Waals surface area contributed by atoms with Crippen molar-refractivity contribution >= 4 is 23.2 Å². The van der Waals surface area contributed by atoms with Crippen LogP contribution in [0.3, 0.4) is 0 Å². The second-order valence-corrected chi connectivity index (χ2v) is 7.37. The smallest absolute Gasteiger partial charge is 0.251 e. The summed E-state index contributed by atoms with van der Waals surface area (Å²) < 4.78 is 5.15. The van der Waals surface area contributed by atoms with Gasteiger partial charge in [0.15, 0.2) is 5.96 Å². The number of aromatic nitrogens is 1. The Morgan fingerprint density at radius 2 is 2.04 bits per heavy atom. The molecule has 0 fully saturated rings. The predicted molar refractivity (Wildman–Crippen MR) is 114 cm³/mol. The Morgan fingerprint density at radius 3 is 2.71 bits per heavy atom. The lowest BCUT2D eigenvalue weighted by Gasteiger charge is -2.12. The molecule has 0 aliphatic rings. The highest BCUT2D eigenvalue weighted by molar-refractivity contribution is 7.09. The summed E-state index contributed by atoms with van der Waals surface area (Å²) in [6, 6.07) is 7.08. The monoisotopic (exact) mass is 403 g/mol. The molecule has 0 aliphatic heterocycles. The zero-order valence-corrected chi connectivity index (χ0v) is 17.7. The van der Waals surface area contributed by atoms with Crippen LogP contribution >= 0.6 is 11.3 Å². The van der Waals surface area contributed by atoms with Crippen LogP contribution in [-0.2, 0) is 6.54 Å². The van der Waals surface area contributed by atoms with Crippen LogP contribution in [0, 0.1) is 0 Å². The van der Waals surface area contributed by atoms with Crippen molar-refractivity contribution in [3.05, 3.63) is 45.9 Å². The molecule has 152 valence electrons. The lowest BCUT2D eigenvalue weighted by atomic mass is 10.2. The number of nitrogens with zero attached hydrogens (tertiary/aromatic N) is 2. The minimum Gasteiger partial charge on any atom is -0.497 e. The van der Waals surface area contributed by atoms with Gasteiger partial charge in [0.25, 0.3) is 5.91 Å². The van der Waals surface area contributed by atoms with Gasteiger partial charge in [0.1, 0.15) is 10.8 Å². The molecule has 0 atom stereocenters. The van der Waals surface area contributed by atoms with Crippen LogP contribution in [0.2, 0.25) is 0 Å². The van der Waals surface area contributed by atoms with Crippen LogP contribution < -0.4 is 20.7 Å². The number of rotatable bonds is 9. The van der Waals surface area contributed by atoms with Gasteiger partial charge in [0.2, 0.25) is 0 Å². The van der Waals surface area contributed by atoms with Crippen molar-refractivity contribution in [3.8, 4) is 5.75 Å². The van der Waals surface area contributed by atoms with E-state index in [1.54, 1.807) is 36.6 Å². The first-order valence-corrected chi connectivity index (χ1v) is 10.3. The average Bonchev–Trinajstić information content (AvgIpc) is 3.18. The van der Waals surface area contributed by atoms with Gasteiger partial charge < -0.3 is 20.7 Å². The Kier molecular flexibility index (Phi) is 8.74. The number of nitrogens with one attached hydrogen (secondary N) is 3. The number of amides is 1. The highest BCUT2D eigenvalue weighted by Crippen LogP contribution is 2.18. The van der Waals surface area contributed by atoms with E-state index < -0.39 is 0 Å². The molecule has 1 aromatic heterocycles. The summed E-state index contributed by atoms with van der Waals surface area (Å²) in [7, 11) is 1.58. The number of carbonyl (C=O) groups is 1. The van der Waals surface area contributed by atoms with E-state index in [-0.39, 0.29) is 5.91 Å². The third-order valence-corrected chi connectivity index (χ3v) is 4.76. The van der Waals surface area contributed by atoms with Crippen molar-refractivity contribution in [2.45, 2.75) is 33.2 Å². The summed E-state index contributed by atoms with van der Waals surface area (Å²) in [5.41, 5.74) is 1.68. The molecule has 0 aliphatic carbocycles. The van der Waals surface area contributed by atoms with E-state index in [9.17, 15) is 4.79 Å². The topological polar surface area (TPSA) is 87.6 Å². The summed E-state index contributed by atoms with van der Waals surface area (Å²) >= 11 is 1.63. The van der Waals surface area contributed by atoms with Gasteiger partial charge in [-0.3, -0.25) is 4.79 Å². The van der Waals surface area contributed by atoms with Crippen molar-refractivity contribution in [1.29, 1.82) is 0 Å². The lowest BCUT2D eigenvalue weighted by Crippen LogP contribution is -2.41. The summed E-state index contributed by atoms with van der Waals surface area (Å²) in [5.74, 6) is 1.66. The Hall–Kier alpha value is -2.61. The molecular weight excluding hydrogens is 374 g/mol. The van der Waals surface area contributed by atoms with Crippen LogP contribution in [0.25, 0.3) is 0 Å². The molecule has 7 nitrogen and oxygen atoms in total. The number of aliphatic imine (C=N–C) groups is 1. The van der Waals surface area contributed by atoms with E-state index in [2.05, 4.69) is 45.2 Å². The van der Waals surface area contributed by atoms with Crippen LogP contribution in [0.5, 0.6) is 5.75 Å². The van der Waals surface area contributed by atoms with Gasteiger partial charge in [-0.15, -0.1) is 11.3 Å². The highest BCUT2D eigenvalue weighted by Gasteiger charge is 2.07. The van der Waals surface area contributed by atoms with Gasteiger partial charge in [-0.1, -0.05) is 19.9 Å². The van der Waals surface area contributed by atoms with E-state index in [0.717, 1.165) is 17.2 Å². The summed E-state index contributed by atoms with van der Waals surface area (Å²) in [6.07, 6.45) is 0. The van der Waals surface area contributed by atoms with Crippen molar-refractivity contribution in [1.82, 2.24) is 20.9 Å². The molecule has 2 aromatic rings. The number of benzene rings is 1. The number of guanidine groups is 1. The number of thiazole rings is 1. The van der Waals surface area contributed by atoms with Gasteiger partial charge in [0.05, 0.1) is 19.3 Å². The van der Waals surface area contributed by atoms with Crippen molar-refractivity contribution in [2.24, 2.45) is 4.99 Å². The maximum Gasteiger partial charge on any atom is 0.251 e. The zero-order chi connectivity index (χ0) is 20.4. The lowest BCUT2D eigenvalue weighted by molar-refractivity contribution is 0.0954. The third-order valence-electron chi connectivity index (χ3n) is 3.91. The molecule has 0 saturated carbocycles. The number of methoxy groups -OCH3 is 1. The van der Waals surface area contributed by atoms with E-state index in [4.69, 9.17) is 4.74 Å². The molecule has 0 saturated heterocycles. The molecule has 0 bridgehead atoms. The van der Waals surface area contributed by atoms with Crippen molar-refractivity contribution in [2.75, 3.05) is 26.7 Å². The Balaban J connectivity index is 1.81. The largest absolute Gasteiger partial charge is 0.497 e. The maximum absolute atomic E-state index is 12.2. The Labute approximate surface area is 170 Å². The summed E-state index contributed by atoms with van der Waals surface area (Å²) in [6.45, 7) is 8.62. The normalized spacial score (nSPS) is 11.4. The maximum atomic E-state index is 12.2. The minimum atomic E-state index is -0.133. The number of hydrogen-bond acceptors (Lipinski definition) is 5. The second kappa shape index (κ2) is 11.3. The van der Waals surface area contributed by atoms with E-state index in [0.29, 0.717) is 42.8 Å². The Bertz CT molecular complexity index is 788.